The fourth-order valence-corrected chi connectivity index (χ4v) is 5.23. The molecule has 2 heterocycles. The normalized spacial score (nSPS) is 14.6. The molecule has 0 spiro atoms. The molecule has 0 bridgehead atoms. The Bertz CT molecular complexity index is 1430. The predicted octanol–water partition coefficient (Wildman–Crippen LogP) is 6.20. The summed E-state index contributed by atoms with van der Waals surface area (Å²) >= 11 is 0. The smallest absolute Gasteiger partial charge is 0.363 e. The van der Waals surface area contributed by atoms with Crippen molar-refractivity contribution in [3.63, 3.8) is 0 Å². The molecule has 1 aliphatic rings. The van der Waals surface area contributed by atoms with E-state index in [-0.39, 0.29) is 29.7 Å². The Hall–Kier alpha value is -4.19. The van der Waals surface area contributed by atoms with Crippen LogP contribution in [0.5, 0.6) is 5.75 Å². The van der Waals surface area contributed by atoms with Crippen LogP contribution in [-0.4, -0.2) is 16.0 Å². The third kappa shape index (κ3) is 5.70. The van der Waals surface area contributed by atoms with Crippen LogP contribution in [-0.2, 0) is 17.6 Å². The molecule has 38 heavy (non-hydrogen) atoms. The van der Waals surface area contributed by atoms with E-state index in [1.807, 2.05) is 36.4 Å². The van der Waals surface area contributed by atoms with Crippen molar-refractivity contribution in [2.45, 2.75) is 50.9 Å². The second-order valence-corrected chi connectivity index (χ2v) is 10.00. The van der Waals surface area contributed by atoms with Crippen LogP contribution in [0.4, 0.5) is 5.69 Å². The van der Waals surface area contributed by atoms with Gasteiger partial charge in [-0.05, 0) is 54.4 Å². The van der Waals surface area contributed by atoms with E-state index in [1.165, 1.54) is 0 Å². The summed E-state index contributed by atoms with van der Waals surface area (Å²) in [5.74, 6) is -0.0420. The minimum atomic E-state index is -0.741. The van der Waals surface area contributed by atoms with Gasteiger partial charge in [0.05, 0.1) is 6.42 Å². The van der Waals surface area contributed by atoms with E-state index >= 15 is 0 Å². The molecular formula is C32H32N2O4. The molecule has 0 saturated heterocycles. The summed E-state index contributed by atoms with van der Waals surface area (Å²) < 4.78 is 6.03. The molecule has 194 valence electrons. The van der Waals surface area contributed by atoms with Crippen molar-refractivity contribution in [1.82, 2.24) is 4.98 Å². The van der Waals surface area contributed by atoms with E-state index in [0.29, 0.717) is 29.2 Å². The monoisotopic (exact) mass is 508 g/mol. The molecule has 6 nitrogen and oxygen atoms in total. The molecule has 2 N–H and O–H groups in total. The van der Waals surface area contributed by atoms with Crippen molar-refractivity contribution in [1.29, 1.82) is 0 Å². The van der Waals surface area contributed by atoms with Gasteiger partial charge in [-0.1, -0.05) is 73.7 Å². The lowest BCUT2D eigenvalue weighted by Crippen LogP contribution is -2.23. The number of carbonyl (C=O) groups is 1. The number of carbonyl (C=O) groups excluding carboxylic acids is 1. The van der Waals surface area contributed by atoms with Crippen molar-refractivity contribution < 1.29 is 14.3 Å². The fraction of sp³-hybridized carbons (Fsp3) is 0.281. The van der Waals surface area contributed by atoms with Gasteiger partial charge in [0.25, 0.3) is 0 Å². The molecule has 5 rings (SSSR count). The first-order chi connectivity index (χ1) is 18.5. The molecule has 2 atom stereocenters. The Balaban J connectivity index is 1.59. The lowest BCUT2D eigenvalue weighted by Gasteiger charge is -2.26. The standard InChI is InChI=1S/C32H32N2O4/c1-2-23(18-21-10-5-3-6-11-21)31-28(27(25-15-16-25)24-13-7-4-8-14-24)30(36)29(32(37)38-31)34-26(35)19-22-12-9-17-33-20-22/h3-14,17,20,23,25,27,36H,2,15-16,18-19H2,1H3,(H,34,35). The van der Waals surface area contributed by atoms with Gasteiger partial charge in [-0.25, -0.2) is 4.79 Å². The van der Waals surface area contributed by atoms with Gasteiger partial charge in [0.15, 0.2) is 11.4 Å². The summed E-state index contributed by atoms with van der Waals surface area (Å²) in [6.45, 7) is 2.06. The van der Waals surface area contributed by atoms with Gasteiger partial charge in [-0.3, -0.25) is 9.78 Å². The number of aromatic hydroxyl groups is 1. The zero-order chi connectivity index (χ0) is 26.5. The largest absolute Gasteiger partial charge is 0.505 e. The maximum atomic E-state index is 13.3. The van der Waals surface area contributed by atoms with Crippen LogP contribution in [0.15, 0.2) is 94.4 Å². The number of benzene rings is 2. The number of amides is 1. The van der Waals surface area contributed by atoms with Gasteiger partial charge in [0.1, 0.15) is 5.76 Å². The van der Waals surface area contributed by atoms with Crippen LogP contribution in [0.3, 0.4) is 0 Å². The first kappa shape index (κ1) is 25.5. The van der Waals surface area contributed by atoms with Crippen LogP contribution in [0.25, 0.3) is 0 Å². The molecule has 0 radical (unpaired) electrons. The van der Waals surface area contributed by atoms with Crippen LogP contribution in [0, 0.1) is 5.92 Å². The first-order valence-corrected chi connectivity index (χ1v) is 13.2. The van der Waals surface area contributed by atoms with Gasteiger partial charge in [-0.2, -0.15) is 0 Å². The average molecular weight is 509 g/mol. The lowest BCUT2D eigenvalue weighted by atomic mass is 9.81. The molecule has 2 unspecified atom stereocenters. The van der Waals surface area contributed by atoms with E-state index in [9.17, 15) is 14.7 Å². The maximum Gasteiger partial charge on any atom is 0.363 e. The second-order valence-electron chi connectivity index (χ2n) is 10.00. The van der Waals surface area contributed by atoms with Crippen LogP contribution in [0.1, 0.15) is 66.0 Å². The SMILES string of the molecule is CCC(Cc1ccccc1)c1oc(=O)c(NC(=O)Cc2cccnc2)c(O)c1C(c1ccccc1)C1CC1. The highest BCUT2D eigenvalue weighted by Crippen LogP contribution is 2.52. The Morgan fingerprint density at radius 1 is 1.03 bits per heavy atom. The third-order valence-electron chi connectivity index (χ3n) is 7.27. The zero-order valence-electron chi connectivity index (χ0n) is 21.5. The summed E-state index contributed by atoms with van der Waals surface area (Å²) in [6, 6.07) is 23.7. The van der Waals surface area contributed by atoms with E-state index in [4.69, 9.17) is 4.42 Å². The molecule has 1 amide bonds. The number of aromatic nitrogens is 1. The van der Waals surface area contributed by atoms with Crippen molar-refractivity contribution in [3.05, 3.63) is 124 Å². The molecule has 4 aromatic rings. The Labute approximate surface area is 222 Å². The molecule has 1 saturated carbocycles. The minimum Gasteiger partial charge on any atom is -0.505 e. The Morgan fingerprint density at radius 2 is 1.71 bits per heavy atom. The number of hydrogen-bond acceptors (Lipinski definition) is 5. The number of nitrogens with zero attached hydrogens (tertiary/aromatic N) is 1. The van der Waals surface area contributed by atoms with Gasteiger partial charge < -0.3 is 14.8 Å². The number of pyridine rings is 1. The second kappa shape index (κ2) is 11.5. The van der Waals surface area contributed by atoms with Crippen molar-refractivity contribution in [3.8, 4) is 5.75 Å². The fourth-order valence-electron chi connectivity index (χ4n) is 5.23. The van der Waals surface area contributed by atoms with Crippen LogP contribution in [0.2, 0.25) is 0 Å². The summed E-state index contributed by atoms with van der Waals surface area (Å²) in [7, 11) is 0. The van der Waals surface area contributed by atoms with E-state index in [2.05, 4.69) is 41.5 Å². The highest BCUT2D eigenvalue weighted by Gasteiger charge is 2.39. The average Bonchev–Trinajstić information content (AvgIpc) is 3.78. The number of anilines is 1. The molecular weight excluding hydrogens is 476 g/mol. The highest BCUT2D eigenvalue weighted by molar-refractivity contribution is 5.93. The molecule has 6 heteroatoms. The minimum absolute atomic E-state index is 0.0279. The topological polar surface area (TPSA) is 92.4 Å². The summed E-state index contributed by atoms with van der Waals surface area (Å²) in [5.41, 5.74) is 2.56. The summed E-state index contributed by atoms with van der Waals surface area (Å²) in [5, 5.41) is 14.3. The molecule has 2 aromatic carbocycles. The number of nitrogens with one attached hydrogen (secondary N) is 1. The Morgan fingerprint density at radius 3 is 2.34 bits per heavy atom. The van der Waals surface area contributed by atoms with Gasteiger partial charge >= 0.3 is 5.63 Å². The van der Waals surface area contributed by atoms with Gasteiger partial charge in [0, 0.05) is 29.8 Å². The van der Waals surface area contributed by atoms with Crippen molar-refractivity contribution >= 4 is 11.6 Å². The van der Waals surface area contributed by atoms with Crippen molar-refractivity contribution in [2.75, 3.05) is 5.32 Å². The lowest BCUT2D eigenvalue weighted by molar-refractivity contribution is -0.115. The van der Waals surface area contributed by atoms with E-state index in [0.717, 1.165) is 30.4 Å². The third-order valence-corrected chi connectivity index (χ3v) is 7.27. The maximum absolute atomic E-state index is 13.3. The van der Waals surface area contributed by atoms with Crippen molar-refractivity contribution in [2.24, 2.45) is 5.92 Å². The zero-order valence-corrected chi connectivity index (χ0v) is 21.5. The number of hydrogen-bond donors (Lipinski definition) is 2. The quantitative estimate of drug-likeness (QED) is 0.266. The highest BCUT2D eigenvalue weighted by atomic mass is 16.4. The summed E-state index contributed by atoms with van der Waals surface area (Å²) in [6.07, 6.45) is 6.71. The first-order valence-electron chi connectivity index (χ1n) is 13.2. The van der Waals surface area contributed by atoms with Gasteiger partial charge in [0.2, 0.25) is 5.91 Å². The molecule has 0 aliphatic heterocycles. The van der Waals surface area contributed by atoms with Gasteiger partial charge in [-0.15, -0.1) is 0 Å². The van der Waals surface area contributed by atoms with Crippen LogP contribution < -0.4 is 10.9 Å². The van der Waals surface area contributed by atoms with Crippen LogP contribution >= 0.6 is 0 Å². The molecule has 1 fully saturated rings. The Kier molecular flexibility index (Phi) is 7.68. The number of rotatable bonds is 10. The molecule has 2 aromatic heterocycles. The molecule has 1 aliphatic carbocycles. The summed E-state index contributed by atoms with van der Waals surface area (Å²) in [4.78, 5) is 30.2. The van der Waals surface area contributed by atoms with E-state index in [1.54, 1.807) is 24.5 Å². The van der Waals surface area contributed by atoms with E-state index < -0.39 is 11.5 Å². The predicted molar refractivity (Wildman–Crippen MR) is 147 cm³/mol.